The second-order valence-electron chi connectivity index (χ2n) is 5.15. The zero-order chi connectivity index (χ0) is 13.0. The Kier molecular flexibility index (Phi) is 3.88. The van der Waals surface area contributed by atoms with Gasteiger partial charge in [-0.3, -0.25) is 5.32 Å². The molecule has 1 fully saturated rings. The molecule has 0 aromatic heterocycles. The summed E-state index contributed by atoms with van der Waals surface area (Å²) in [6.07, 6.45) is 3.37. The van der Waals surface area contributed by atoms with E-state index in [0.29, 0.717) is 12.6 Å². The van der Waals surface area contributed by atoms with E-state index in [-0.39, 0.29) is 0 Å². The maximum atomic E-state index is 9.23. The molecule has 18 heavy (non-hydrogen) atoms. The number of hydrogen-bond acceptors (Lipinski definition) is 3. The van der Waals surface area contributed by atoms with Crippen molar-refractivity contribution in [2.45, 2.75) is 44.7 Å². The summed E-state index contributed by atoms with van der Waals surface area (Å²) in [7, 11) is 0. The highest BCUT2D eigenvalue weighted by atomic mass is 16.5. The number of nitrogens with zero attached hydrogens (tertiary/aromatic N) is 1. The van der Waals surface area contributed by atoms with E-state index < -0.39 is 5.54 Å². The summed E-state index contributed by atoms with van der Waals surface area (Å²) in [4.78, 5) is 0. The van der Waals surface area contributed by atoms with E-state index in [0.717, 1.165) is 12.2 Å². The molecule has 0 radical (unpaired) electrons. The third-order valence-electron chi connectivity index (χ3n) is 3.21. The lowest BCUT2D eigenvalue weighted by Gasteiger charge is -2.23. The van der Waals surface area contributed by atoms with E-state index in [1.807, 2.05) is 19.1 Å². The van der Waals surface area contributed by atoms with Crippen molar-refractivity contribution in [2.75, 3.05) is 6.61 Å². The van der Waals surface area contributed by atoms with Crippen LogP contribution < -0.4 is 10.1 Å². The molecule has 1 atom stereocenters. The number of nitrogens with one attached hydrogen (secondary N) is 1. The van der Waals surface area contributed by atoms with Crippen LogP contribution in [0.2, 0.25) is 0 Å². The second-order valence-corrected chi connectivity index (χ2v) is 5.15. The molecule has 2 rings (SSSR count). The minimum absolute atomic E-state index is 0.380. The lowest BCUT2D eigenvalue weighted by atomic mass is 10.1. The van der Waals surface area contributed by atoms with Gasteiger partial charge in [-0.05, 0) is 43.9 Å². The first kappa shape index (κ1) is 12.9. The molecule has 1 aromatic rings. The Morgan fingerprint density at radius 3 is 2.56 bits per heavy atom. The molecular weight excluding hydrogens is 224 g/mol. The molecular formula is C15H20N2O. The molecule has 1 unspecified atom stereocenters. The number of nitriles is 1. The van der Waals surface area contributed by atoms with Crippen LogP contribution in [0.25, 0.3) is 0 Å². The normalized spacial score (nSPS) is 17.8. The molecule has 96 valence electrons. The minimum atomic E-state index is -0.593. The first-order valence-corrected chi connectivity index (χ1v) is 6.56. The van der Waals surface area contributed by atoms with Gasteiger partial charge in [-0.1, -0.05) is 19.1 Å². The largest absolute Gasteiger partial charge is 0.491 e. The number of benzene rings is 1. The zero-order valence-corrected chi connectivity index (χ0v) is 11.1. The van der Waals surface area contributed by atoms with E-state index in [2.05, 4.69) is 30.4 Å². The Morgan fingerprint density at radius 2 is 2.06 bits per heavy atom. The third kappa shape index (κ3) is 3.48. The quantitative estimate of drug-likeness (QED) is 0.836. The fraction of sp³-hybridized carbons (Fsp3) is 0.533. The maximum Gasteiger partial charge on any atom is 0.138 e. The van der Waals surface area contributed by atoms with Crippen molar-refractivity contribution >= 4 is 0 Å². The monoisotopic (exact) mass is 244 g/mol. The molecule has 3 nitrogen and oxygen atoms in total. The van der Waals surface area contributed by atoms with E-state index in [4.69, 9.17) is 4.74 Å². The minimum Gasteiger partial charge on any atom is -0.491 e. The van der Waals surface area contributed by atoms with Crippen molar-refractivity contribution in [1.82, 2.24) is 5.32 Å². The highest BCUT2D eigenvalue weighted by Gasteiger charge is 2.33. The molecule has 3 heteroatoms. The fourth-order valence-electron chi connectivity index (χ4n) is 1.83. The topological polar surface area (TPSA) is 45.0 Å². The van der Waals surface area contributed by atoms with Crippen LogP contribution in [-0.4, -0.2) is 18.2 Å². The summed E-state index contributed by atoms with van der Waals surface area (Å²) in [6.45, 7) is 4.40. The van der Waals surface area contributed by atoms with Gasteiger partial charge in [0.15, 0.2) is 0 Å². The van der Waals surface area contributed by atoms with Crippen molar-refractivity contribution in [1.29, 1.82) is 5.26 Å². The zero-order valence-electron chi connectivity index (χ0n) is 11.1. The molecule has 1 aliphatic carbocycles. The van der Waals surface area contributed by atoms with Crippen LogP contribution >= 0.6 is 0 Å². The molecule has 0 amide bonds. The van der Waals surface area contributed by atoms with Crippen LogP contribution in [0.1, 0.15) is 32.3 Å². The number of ether oxygens (including phenoxy) is 1. The predicted molar refractivity (Wildman–Crippen MR) is 71.5 cm³/mol. The predicted octanol–water partition coefficient (Wildman–Crippen LogP) is 2.66. The van der Waals surface area contributed by atoms with Crippen LogP contribution in [0.15, 0.2) is 24.3 Å². The molecule has 1 aromatic carbocycles. The van der Waals surface area contributed by atoms with Gasteiger partial charge in [-0.15, -0.1) is 0 Å². The van der Waals surface area contributed by atoms with Gasteiger partial charge in [-0.25, -0.2) is 0 Å². The Labute approximate surface area is 109 Å². The van der Waals surface area contributed by atoms with Gasteiger partial charge in [-0.2, -0.15) is 5.26 Å². The average molecular weight is 244 g/mol. The molecule has 1 aliphatic rings. The first-order chi connectivity index (χ1) is 8.65. The summed E-state index contributed by atoms with van der Waals surface area (Å²) < 4.78 is 5.71. The highest BCUT2D eigenvalue weighted by Crippen LogP contribution is 2.23. The van der Waals surface area contributed by atoms with E-state index >= 15 is 0 Å². The van der Waals surface area contributed by atoms with Gasteiger partial charge >= 0.3 is 0 Å². The molecule has 0 saturated heterocycles. The van der Waals surface area contributed by atoms with Gasteiger partial charge < -0.3 is 4.74 Å². The van der Waals surface area contributed by atoms with Crippen molar-refractivity contribution in [3.8, 4) is 11.8 Å². The number of hydrogen-bond donors (Lipinski definition) is 1. The Hall–Kier alpha value is -1.53. The van der Waals surface area contributed by atoms with Crippen LogP contribution in [0, 0.1) is 11.3 Å². The fourth-order valence-corrected chi connectivity index (χ4v) is 1.83. The van der Waals surface area contributed by atoms with E-state index in [9.17, 15) is 5.26 Å². The number of rotatable bonds is 6. The first-order valence-electron chi connectivity index (χ1n) is 6.56. The van der Waals surface area contributed by atoms with Crippen LogP contribution in [0.5, 0.6) is 5.75 Å². The summed E-state index contributed by atoms with van der Waals surface area (Å²) in [6, 6.07) is 10.9. The van der Waals surface area contributed by atoms with Crippen molar-refractivity contribution in [3.05, 3.63) is 29.8 Å². The van der Waals surface area contributed by atoms with Crippen LogP contribution in [0.3, 0.4) is 0 Å². The Bertz CT molecular complexity index is 431. The lowest BCUT2D eigenvalue weighted by Crippen LogP contribution is -2.47. The summed E-state index contributed by atoms with van der Waals surface area (Å²) in [5.74, 6) is 0.825. The Morgan fingerprint density at radius 1 is 1.39 bits per heavy atom. The molecule has 0 bridgehead atoms. The Balaban J connectivity index is 1.90. The van der Waals surface area contributed by atoms with Crippen LogP contribution in [0.4, 0.5) is 0 Å². The van der Waals surface area contributed by atoms with Crippen molar-refractivity contribution in [2.24, 2.45) is 0 Å². The van der Waals surface area contributed by atoms with E-state index in [1.165, 1.54) is 18.4 Å². The average Bonchev–Trinajstić information content (AvgIpc) is 3.21. The van der Waals surface area contributed by atoms with E-state index in [1.54, 1.807) is 0 Å². The highest BCUT2D eigenvalue weighted by molar-refractivity contribution is 5.27. The summed E-state index contributed by atoms with van der Waals surface area (Å²) >= 11 is 0. The smallest absolute Gasteiger partial charge is 0.138 e. The molecule has 0 spiro atoms. The van der Waals surface area contributed by atoms with Gasteiger partial charge in [0.05, 0.1) is 6.07 Å². The molecule has 1 saturated carbocycles. The molecule has 0 heterocycles. The van der Waals surface area contributed by atoms with Gasteiger partial charge in [0, 0.05) is 6.04 Å². The van der Waals surface area contributed by atoms with Gasteiger partial charge in [0.25, 0.3) is 0 Å². The molecule has 0 aliphatic heterocycles. The summed E-state index contributed by atoms with van der Waals surface area (Å²) in [5, 5.41) is 12.6. The number of aryl methyl sites for hydroxylation is 1. The van der Waals surface area contributed by atoms with Crippen molar-refractivity contribution < 1.29 is 4.74 Å². The SMILES string of the molecule is CCc1ccc(OCC(C)(C#N)NC2CC2)cc1. The lowest BCUT2D eigenvalue weighted by molar-refractivity contribution is 0.232. The summed E-state index contributed by atoms with van der Waals surface area (Å²) in [5.41, 5.74) is 0.700. The standard InChI is InChI=1S/C15H20N2O/c1-3-12-4-8-14(9-5-12)18-11-15(2,10-16)17-13-6-7-13/h4-5,8-9,13,17H,3,6-7,11H2,1-2H3. The van der Waals surface area contributed by atoms with Gasteiger partial charge in [0.2, 0.25) is 0 Å². The molecule has 1 N–H and O–H groups in total. The maximum absolute atomic E-state index is 9.23. The second kappa shape index (κ2) is 5.41. The van der Waals surface area contributed by atoms with Crippen LogP contribution in [-0.2, 0) is 6.42 Å². The third-order valence-corrected chi connectivity index (χ3v) is 3.21. The van der Waals surface area contributed by atoms with Crippen molar-refractivity contribution in [3.63, 3.8) is 0 Å². The van der Waals surface area contributed by atoms with Gasteiger partial charge in [0.1, 0.15) is 17.9 Å².